The second-order valence-electron chi connectivity index (χ2n) is 4.61. The molecule has 2 aromatic rings. The third-order valence-electron chi connectivity index (χ3n) is 2.44. The van der Waals surface area contributed by atoms with Gasteiger partial charge >= 0.3 is 6.01 Å². The Morgan fingerprint density at radius 2 is 1.90 bits per heavy atom. The van der Waals surface area contributed by atoms with Gasteiger partial charge in [0.1, 0.15) is 0 Å². The molecule has 0 fully saturated rings. The van der Waals surface area contributed by atoms with Crippen LogP contribution in [0.2, 0.25) is 0 Å². The third-order valence-corrected chi connectivity index (χ3v) is 2.44. The zero-order valence-corrected chi connectivity index (χ0v) is 12.3. The van der Waals surface area contributed by atoms with Gasteiger partial charge in [-0.15, -0.1) is 0 Å². The molecule has 8 heteroatoms. The van der Waals surface area contributed by atoms with Crippen molar-refractivity contribution in [2.45, 2.75) is 26.9 Å². The average molecular weight is 277 g/mol. The predicted molar refractivity (Wildman–Crippen MR) is 76.4 cm³/mol. The maximum atomic E-state index is 5.51. The van der Waals surface area contributed by atoms with Crippen LogP contribution in [-0.4, -0.2) is 37.9 Å². The quantitative estimate of drug-likeness (QED) is 0.855. The van der Waals surface area contributed by atoms with Crippen molar-refractivity contribution in [2.24, 2.45) is 7.05 Å². The third kappa shape index (κ3) is 3.34. The number of aromatic nitrogens is 5. The molecule has 0 atom stereocenters. The van der Waals surface area contributed by atoms with E-state index in [0.717, 1.165) is 11.4 Å². The van der Waals surface area contributed by atoms with Crippen molar-refractivity contribution in [3.8, 4) is 6.01 Å². The fourth-order valence-electron chi connectivity index (χ4n) is 1.63. The van der Waals surface area contributed by atoms with Crippen LogP contribution in [0.3, 0.4) is 0 Å². The molecular formula is C12H19N7O. The summed E-state index contributed by atoms with van der Waals surface area (Å²) in [7, 11) is 3.60. The summed E-state index contributed by atoms with van der Waals surface area (Å²) >= 11 is 0. The minimum Gasteiger partial charge on any atom is -0.461 e. The molecule has 0 bridgehead atoms. The fourth-order valence-corrected chi connectivity index (χ4v) is 1.63. The molecule has 0 aliphatic heterocycles. The smallest absolute Gasteiger partial charge is 0.323 e. The van der Waals surface area contributed by atoms with Crippen LogP contribution in [-0.2, 0) is 7.05 Å². The molecule has 2 aromatic heterocycles. The van der Waals surface area contributed by atoms with Gasteiger partial charge < -0.3 is 15.4 Å². The largest absolute Gasteiger partial charge is 0.461 e. The Kier molecular flexibility index (Phi) is 4.02. The highest BCUT2D eigenvalue weighted by Gasteiger charge is 2.10. The van der Waals surface area contributed by atoms with Crippen molar-refractivity contribution in [3.05, 3.63) is 11.9 Å². The van der Waals surface area contributed by atoms with Gasteiger partial charge in [0.05, 0.1) is 17.5 Å². The van der Waals surface area contributed by atoms with Gasteiger partial charge in [-0.3, -0.25) is 4.68 Å². The monoisotopic (exact) mass is 277 g/mol. The number of ether oxygens (including phenoxy) is 1. The molecule has 0 aliphatic rings. The molecule has 0 aromatic carbocycles. The molecule has 20 heavy (non-hydrogen) atoms. The highest BCUT2D eigenvalue weighted by molar-refractivity contribution is 5.55. The zero-order chi connectivity index (χ0) is 14.7. The Morgan fingerprint density at radius 3 is 2.45 bits per heavy atom. The normalized spacial score (nSPS) is 10.7. The van der Waals surface area contributed by atoms with Gasteiger partial charge in [0.25, 0.3) is 0 Å². The maximum Gasteiger partial charge on any atom is 0.323 e. The number of hydrogen-bond donors (Lipinski definition) is 2. The number of rotatable bonds is 5. The first kappa shape index (κ1) is 14.0. The summed E-state index contributed by atoms with van der Waals surface area (Å²) in [5.41, 5.74) is 1.71. The van der Waals surface area contributed by atoms with E-state index in [0.29, 0.717) is 11.9 Å². The van der Waals surface area contributed by atoms with Gasteiger partial charge in [-0.25, -0.2) is 0 Å². The Morgan fingerprint density at radius 1 is 1.20 bits per heavy atom. The van der Waals surface area contributed by atoms with Crippen LogP contribution in [0.15, 0.2) is 6.20 Å². The van der Waals surface area contributed by atoms with Gasteiger partial charge in [0, 0.05) is 20.3 Å². The second-order valence-corrected chi connectivity index (χ2v) is 4.61. The maximum absolute atomic E-state index is 5.51. The molecule has 0 radical (unpaired) electrons. The van der Waals surface area contributed by atoms with Crippen molar-refractivity contribution in [2.75, 3.05) is 17.7 Å². The number of nitrogens with zero attached hydrogens (tertiary/aromatic N) is 5. The Labute approximate surface area is 117 Å². The molecule has 2 N–H and O–H groups in total. The first-order valence-corrected chi connectivity index (χ1v) is 6.35. The number of hydrogen-bond acceptors (Lipinski definition) is 7. The van der Waals surface area contributed by atoms with Crippen LogP contribution in [0.1, 0.15) is 19.5 Å². The molecule has 0 spiro atoms. The molecule has 2 heterocycles. The van der Waals surface area contributed by atoms with E-state index >= 15 is 0 Å². The van der Waals surface area contributed by atoms with E-state index in [4.69, 9.17) is 4.74 Å². The highest BCUT2D eigenvalue weighted by Crippen LogP contribution is 2.19. The molecule has 0 unspecified atom stereocenters. The first-order valence-electron chi connectivity index (χ1n) is 6.35. The van der Waals surface area contributed by atoms with Crippen LogP contribution in [0, 0.1) is 6.92 Å². The second kappa shape index (κ2) is 5.72. The summed E-state index contributed by atoms with van der Waals surface area (Å²) in [6.45, 7) is 5.75. The van der Waals surface area contributed by atoms with Gasteiger partial charge in [-0.1, -0.05) is 0 Å². The van der Waals surface area contributed by atoms with Gasteiger partial charge in [0.15, 0.2) is 0 Å². The summed E-state index contributed by atoms with van der Waals surface area (Å²) in [4.78, 5) is 12.6. The Hall–Kier alpha value is -2.38. The summed E-state index contributed by atoms with van der Waals surface area (Å²) in [5, 5.41) is 10.3. The van der Waals surface area contributed by atoms with Gasteiger partial charge in [-0.2, -0.15) is 20.1 Å². The first-order chi connectivity index (χ1) is 9.47. The van der Waals surface area contributed by atoms with Crippen LogP contribution in [0.5, 0.6) is 6.01 Å². The lowest BCUT2D eigenvalue weighted by Crippen LogP contribution is -2.12. The van der Waals surface area contributed by atoms with E-state index in [9.17, 15) is 0 Å². The van der Waals surface area contributed by atoms with E-state index in [1.807, 2.05) is 34.0 Å². The number of anilines is 3. The number of nitrogens with one attached hydrogen (secondary N) is 2. The lowest BCUT2D eigenvalue weighted by molar-refractivity contribution is 0.222. The Bertz CT molecular complexity index is 593. The minimum atomic E-state index is -0.00455. The van der Waals surface area contributed by atoms with Crippen LogP contribution < -0.4 is 15.4 Å². The Balaban J connectivity index is 2.28. The fraction of sp³-hybridized carbons (Fsp3) is 0.500. The number of aryl methyl sites for hydroxylation is 2. The van der Waals surface area contributed by atoms with E-state index in [-0.39, 0.29) is 12.1 Å². The molecule has 0 amide bonds. The lowest BCUT2D eigenvalue weighted by atomic mass is 10.4. The average Bonchev–Trinajstić information content (AvgIpc) is 2.66. The van der Waals surface area contributed by atoms with E-state index in [2.05, 4.69) is 30.7 Å². The van der Waals surface area contributed by atoms with Crippen molar-refractivity contribution in [1.29, 1.82) is 0 Å². The van der Waals surface area contributed by atoms with Crippen LogP contribution >= 0.6 is 0 Å². The van der Waals surface area contributed by atoms with Crippen molar-refractivity contribution in [1.82, 2.24) is 24.7 Å². The molecule has 2 rings (SSSR count). The van der Waals surface area contributed by atoms with Crippen LogP contribution in [0.25, 0.3) is 0 Å². The molecule has 0 saturated carbocycles. The van der Waals surface area contributed by atoms with Crippen molar-refractivity contribution < 1.29 is 4.74 Å². The molecule has 0 saturated heterocycles. The summed E-state index contributed by atoms with van der Waals surface area (Å²) in [6, 6.07) is 0.281. The molecule has 0 aliphatic carbocycles. The van der Waals surface area contributed by atoms with Crippen molar-refractivity contribution in [3.63, 3.8) is 0 Å². The van der Waals surface area contributed by atoms with E-state index in [1.54, 1.807) is 11.7 Å². The highest BCUT2D eigenvalue weighted by atomic mass is 16.5. The molecule has 108 valence electrons. The van der Waals surface area contributed by atoms with Crippen LogP contribution in [0.4, 0.5) is 17.6 Å². The van der Waals surface area contributed by atoms with Gasteiger partial charge in [0.2, 0.25) is 11.9 Å². The van der Waals surface area contributed by atoms with Crippen molar-refractivity contribution >= 4 is 17.6 Å². The van der Waals surface area contributed by atoms with E-state index < -0.39 is 0 Å². The summed E-state index contributed by atoms with van der Waals surface area (Å²) in [6.07, 6.45) is 1.86. The summed E-state index contributed by atoms with van der Waals surface area (Å²) < 4.78 is 7.23. The zero-order valence-electron chi connectivity index (χ0n) is 12.3. The standard InChI is InChI=1S/C12H19N7O/c1-7(2)20-12-16-10(13-4)15-11(17-12)14-9-6-19(5)18-8(9)3/h6-7H,1-5H3,(H2,13,14,15,16,17). The SMILES string of the molecule is CNc1nc(Nc2cn(C)nc2C)nc(OC(C)C)n1. The minimum absolute atomic E-state index is 0.00455. The topological polar surface area (TPSA) is 89.8 Å². The van der Waals surface area contributed by atoms with E-state index in [1.165, 1.54) is 0 Å². The summed E-state index contributed by atoms with van der Waals surface area (Å²) in [5.74, 6) is 0.857. The lowest BCUT2D eigenvalue weighted by Gasteiger charge is -2.10. The predicted octanol–water partition coefficient (Wildman–Crippen LogP) is 1.49. The van der Waals surface area contributed by atoms with Gasteiger partial charge in [-0.05, 0) is 20.8 Å². The molecular weight excluding hydrogens is 258 g/mol. The molecule has 8 nitrogen and oxygen atoms in total.